The predicted octanol–water partition coefficient (Wildman–Crippen LogP) is 3.12. The minimum Gasteiger partial charge on any atom is -0.491 e. The first-order valence-corrected chi connectivity index (χ1v) is 7.70. The Morgan fingerprint density at radius 1 is 1.27 bits per heavy atom. The maximum absolute atomic E-state index is 11.8. The first-order chi connectivity index (χ1) is 10.4. The Labute approximate surface area is 135 Å². The van der Waals surface area contributed by atoms with Gasteiger partial charge in [0, 0.05) is 6.54 Å². The molecule has 0 saturated carbocycles. The van der Waals surface area contributed by atoms with E-state index >= 15 is 0 Å². The van der Waals surface area contributed by atoms with Gasteiger partial charge in [-0.3, -0.25) is 9.59 Å². The standard InChI is InChI=1S/C16H22ClNO4/c1-3-16(4-2,15(20)21)11-18-14(19)9-10-22-13-8-6-5-7-12(13)17/h5-8H,3-4,9-11H2,1-2H3,(H,18,19)(H,20,21). The van der Waals surface area contributed by atoms with Gasteiger partial charge in [0.2, 0.25) is 5.91 Å². The average molecular weight is 328 g/mol. The highest BCUT2D eigenvalue weighted by Crippen LogP contribution is 2.26. The lowest BCUT2D eigenvalue weighted by Crippen LogP contribution is -2.42. The van der Waals surface area contributed by atoms with E-state index in [-0.39, 0.29) is 25.5 Å². The molecule has 0 aliphatic carbocycles. The maximum atomic E-state index is 11.8. The van der Waals surface area contributed by atoms with Crippen LogP contribution in [0.3, 0.4) is 0 Å². The van der Waals surface area contributed by atoms with Crippen molar-refractivity contribution in [3.05, 3.63) is 29.3 Å². The fourth-order valence-corrected chi connectivity index (χ4v) is 2.24. The quantitative estimate of drug-likeness (QED) is 0.730. The highest BCUT2D eigenvalue weighted by atomic mass is 35.5. The molecule has 1 amide bonds. The minimum atomic E-state index is -0.904. The summed E-state index contributed by atoms with van der Waals surface area (Å²) in [5.41, 5.74) is -0.904. The molecule has 2 N–H and O–H groups in total. The topological polar surface area (TPSA) is 75.6 Å². The van der Waals surface area contributed by atoms with E-state index in [1.54, 1.807) is 24.3 Å². The molecule has 122 valence electrons. The van der Waals surface area contributed by atoms with Crippen molar-refractivity contribution in [3.63, 3.8) is 0 Å². The van der Waals surface area contributed by atoms with Gasteiger partial charge in [0.25, 0.3) is 0 Å². The van der Waals surface area contributed by atoms with Gasteiger partial charge in [-0.15, -0.1) is 0 Å². The van der Waals surface area contributed by atoms with Crippen LogP contribution in [-0.4, -0.2) is 30.1 Å². The minimum absolute atomic E-state index is 0.125. The lowest BCUT2D eigenvalue weighted by atomic mass is 9.82. The van der Waals surface area contributed by atoms with Crippen molar-refractivity contribution >= 4 is 23.5 Å². The molecule has 0 aromatic heterocycles. The van der Waals surface area contributed by atoms with E-state index in [0.29, 0.717) is 23.6 Å². The van der Waals surface area contributed by atoms with E-state index < -0.39 is 11.4 Å². The summed E-state index contributed by atoms with van der Waals surface area (Å²) in [4.78, 5) is 23.1. The number of carboxylic acid groups (broad SMARTS) is 1. The highest BCUT2D eigenvalue weighted by molar-refractivity contribution is 6.32. The van der Waals surface area contributed by atoms with E-state index in [1.807, 2.05) is 13.8 Å². The number of benzene rings is 1. The summed E-state index contributed by atoms with van der Waals surface area (Å²) in [5, 5.41) is 12.5. The number of amides is 1. The van der Waals surface area contributed by atoms with Gasteiger partial charge in [-0.25, -0.2) is 0 Å². The van der Waals surface area contributed by atoms with Gasteiger partial charge in [0.15, 0.2) is 0 Å². The molecular formula is C16H22ClNO4. The Morgan fingerprint density at radius 2 is 1.91 bits per heavy atom. The SMILES string of the molecule is CCC(CC)(CNC(=O)CCOc1ccccc1Cl)C(=O)O. The zero-order valence-corrected chi connectivity index (χ0v) is 13.7. The van der Waals surface area contributed by atoms with E-state index in [4.69, 9.17) is 16.3 Å². The second kappa shape index (κ2) is 8.63. The van der Waals surface area contributed by atoms with Crippen molar-refractivity contribution in [2.75, 3.05) is 13.2 Å². The van der Waals surface area contributed by atoms with Crippen LogP contribution in [0.25, 0.3) is 0 Å². The number of halogens is 1. The summed E-state index contributed by atoms with van der Waals surface area (Å²) < 4.78 is 5.43. The maximum Gasteiger partial charge on any atom is 0.311 e. The van der Waals surface area contributed by atoms with E-state index in [0.717, 1.165) is 0 Å². The Kier molecular flexibility index (Phi) is 7.18. The molecule has 1 aromatic carbocycles. The van der Waals surface area contributed by atoms with Crippen LogP contribution in [-0.2, 0) is 9.59 Å². The molecular weight excluding hydrogens is 306 g/mol. The second-order valence-corrected chi connectivity index (χ2v) is 5.51. The molecule has 0 fully saturated rings. The van der Waals surface area contributed by atoms with Gasteiger partial charge in [-0.05, 0) is 25.0 Å². The fraction of sp³-hybridized carbons (Fsp3) is 0.500. The van der Waals surface area contributed by atoms with Gasteiger partial charge >= 0.3 is 5.97 Å². The second-order valence-electron chi connectivity index (χ2n) is 5.10. The molecule has 0 aliphatic rings. The molecule has 6 heteroatoms. The van der Waals surface area contributed by atoms with E-state index in [9.17, 15) is 14.7 Å². The third-order valence-corrected chi connectivity index (χ3v) is 4.17. The molecule has 0 spiro atoms. The number of carbonyl (C=O) groups excluding carboxylic acids is 1. The Bertz CT molecular complexity index is 515. The van der Waals surface area contributed by atoms with Crippen molar-refractivity contribution in [1.82, 2.24) is 5.32 Å². The number of hydrogen-bond acceptors (Lipinski definition) is 3. The number of ether oxygens (including phenoxy) is 1. The number of rotatable bonds is 9. The third-order valence-electron chi connectivity index (χ3n) is 3.85. The zero-order chi connectivity index (χ0) is 16.6. The van der Waals surface area contributed by atoms with Gasteiger partial charge in [-0.2, -0.15) is 0 Å². The first-order valence-electron chi connectivity index (χ1n) is 7.32. The summed E-state index contributed by atoms with van der Waals surface area (Å²) in [6, 6.07) is 7.03. The van der Waals surface area contributed by atoms with Gasteiger partial charge in [-0.1, -0.05) is 37.6 Å². The monoisotopic (exact) mass is 327 g/mol. The number of carboxylic acids is 1. The number of carbonyl (C=O) groups is 2. The number of nitrogens with one attached hydrogen (secondary N) is 1. The van der Waals surface area contributed by atoms with Crippen LogP contribution < -0.4 is 10.1 Å². The fourth-order valence-electron chi connectivity index (χ4n) is 2.05. The van der Waals surface area contributed by atoms with Crippen LogP contribution in [0.5, 0.6) is 5.75 Å². The van der Waals surface area contributed by atoms with Crippen LogP contribution in [0.2, 0.25) is 5.02 Å². The van der Waals surface area contributed by atoms with Gasteiger partial charge in [0.05, 0.1) is 23.5 Å². The lowest BCUT2D eigenvalue weighted by Gasteiger charge is -2.26. The molecule has 22 heavy (non-hydrogen) atoms. The van der Waals surface area contributed by atoms with Crippen LogP contribution in [0, 0.1) is 5.41 Å². The predicted molar refractivity (Wildman–Crippen MR) is 85.2 cm³/mol. The molecule has 1 aromatic rings. The van der Waals surface area contributed by atoms with E-state index in [2.05, 4.69) is 5.32 Å². The van der Waals surface area contributed by atoms with Crippen molar-refractivity contribution < 1.29 is 19.4 Å². The first kappa shape index (κ1) is 18.3. The Hall–Kier alpha value is -1.75. The van der Waals surface area contributed by atoms with Crippen molar-refractivity contribution in [2.45, 2.75) is 33.1 Å². The van der Waals surface area contributed by atoms with E-state index in [1.165, 1.54) is 0 Å². The summed E-state index contributed by atoms with van der Waals surface area (Å²) in [5.74, 6) is -0.594. The number of hydrogen-bond donors (Lipinski definition) is 2. The Balaban J connectivity index is 2.41. The molecule has 0 saturated heterocycles. The Morgan fingerprint density at radius 3 is 2.45 bits per heavy atom. The molecule has 0 atom stereocenters. The largest absolute Gasteiger partial charge is 0.491 e. The van der Waals surface area contributed by atoms with Gasteiger partial charge < -0.3 is 15.2 Å². The highest BCUT2D eigenvalue weighted by Gasteiger charge is 2.34. The van der Waals surface area contributed by atoms with Crippen LogP contribution >= 0.6 is 11.6 Å². The zero-order valence-electron chi connectivity index (χ0n) is 12.9. The molecule has 0 bridgehead atoms. The average Bonchev–Trinajstić information content (AvgIpc) is 2.50. The number of aliphatic carboxylic acids is 1. The third kappa shape index (κ3) is 4.91. The van der Waals surface area contributed by atoms with Crippen LogP contribution in [0.15, 0.2) is 24.3 Å². The molecule has 0 radical (unpaired) electrons. The van der Waals surface area contributed by atoms with Gasteiger partial charge in [0.1, 0.15) is 5.75 Å². The van der Waals surface area contributed by atoms with Crippen molar-refractivity contribution in [2.24, 2.45) is 5.41 Å². The molecule has 5 nitrogen and oxygen atoms in total. The van der Waals surface area contributed by atoms with Crippen molar-refractivity contribution in [1.29, 1.82) is 0 Å². The van der Waals surface area contributed by atoms with Crippen LogP contribution in [0.1, 0.15) is 33.1 Å². The summed E-state index contributed by atoms with van der Waals surface area (Å²) >= 11 is 5.94. The smallest absolute Gasteiger partial charge is 0.311 e. The molecule has 0 aliphatic heterocycles. The molecule has 1 rings (SSSR count). The molecule has 0 heterocycles. The number of para-hydroxylation sites is 1. The summed E-state index contributed by atoms with van der Waals surface area (Å²) in [6.07, 6.45) is 1.08. The lowest BCUT2D eigenvalue weighted by molar-refractivity contribution is -0.149. The summed E-state index contributed by atoms with van der Waals surface area (Å²) in [7, 11) is 0. The normalized spacial score (nSPS) is 11.0. The van der Waals surface area contributed by atoms with Crippen LogP contribution in [0.4, 0.5) is 0 Å². The molecule has 0 unspecified atom stereocenters. The van der Waals surface area contributed by atoms with Crippen molar-refractivity contribution in [3.8, 4) is 5.75 Å². The summed E-state index contributed by atoms with van der Waals surface area (Å²) in [6.45, 7) is 3.93.